The Morgan fingerprint density at radius 1 is 1.35 bits per heavy atom. The predicted molar refractivity (Wildman–Crippen MR) is 88.9 cm³/mol. The van der Waals surface area contributed by atoms with Crippen LogP contribution in [0.25, 0.3) is 11.0 Å². The van der Waals surface area contributed by atoms with Crippen LogP contribution in [0.3, 0.4) is 0 Å². The van der Waals surface area contributed by atoms with Crippen molar-refractivity contribution in [1.82, 2.24) is 15.5 Å². The number of carbonyl (C=O) groups excluding carboxylic acids is 1. The Bertz CT molecular complexity index is 763. The first kappa shape index (κ1) is 15.7. The Morgan fingerprint density at radius 2 is 2.13 bits per heavy atom. The zero-order chi connectivity index (χ0) is 16.2. The number of benzene rings is 1. The maximum Gasteiger partial charge on any atom is 0.287 e. The van der Waals surface area contributed by atoms with Gasteiger partial charge in [0, 0.05) is 45.3 Å². The fourth-order valence-electron chi connectivity index (χ4n) is 2.84. The monoisotopic (exact) mass is 315 g/mol. The molecular formula is C17H21N3O3. The highest BCUT2D eigenvalue weighted by Gasteiger charge is 2.14. The Hall–Kier alpha value is -2.18. The van der Waals surface area contributed by atoms with E-state index in [4.69, 9.17) is 4.42 Å². The maximum atomic E-state index is 12.2. The first-order chi connectivity index (χ1) is 11.1. The standard InChI is InChI=1S/C17H21N3O3/c1-12-3-2-4-14-16(12)13(21)11-15(23-14)17(22)19-7-10-20-8-5-18-6-9-20/h2-4,11,18H,5-10H2,1H3,(H,19,22). The lowest BCUT2D eigenvalue weighted by molar-refractivity contribution is 0.0920. The smallest absolute Gasteiger partial charge is 0.287 e. The Labute approximate surface area is 134 Å². The van der Waals surface area contributed by atoms with Gasteiger partial charge in [-0.3, -0.25) is 14.5 Å². The quantitative estimate of drug-likeness (QED) is 0.870. The van der Waals surface area contributed by atoms with Crippen LogP contribution in [0, 0.1) is 6.92 Å². The molecule has 1 aliphatic heterocycles. The van der Waals surface area contributed by atoms with E-state index in [1.807, 2.05) is 19.1 Å². The predicted octanol–water partition coefficient (Wildman–Crippen LogP) is 0.736. The second kappa shape index (κ2) is 6.93. The van der Waals surface area contributed by atoms with Crippen molar-refractivity contribution < 1.29 is 9.21 Å². The summed E-state index contributed by atoms with van der Waals surface area (Å²) in [7, 11) is 0. The zero-order valence-electron chi connectivity index (χ0n) is 13.2. The van der Waals surface area contributed by atoms with Crippen molar-refractivity contribution in [2.75, 3.05) is 39.3 Å². The fraction of sp³-hybridized carbons (Fsp3) is 0.412. The molecule has 0 atom stereocenters. The lowest BCUT2D eigenvalue weighted by Gasteiger charge is -2.26. The fourth-order valence-corrected chi connectivity index (χ4v) is 2.84. The minimum Gasteiger partial charge on any atom is -0.451 e. The molecule has 2 aromatic rings. The highest BCUT2D eigenvalue weighted by atomic mass is 16.3. The van der Waals surface area contributed by atoms with Crippen molar-refractivity contribution >= 4 is 16.9 Å². The van der Waals surface area contributed by atoms with Gasteiger partial charge in [-0.25, -0.2) is 0 Å². The lowest BCUT2D eigenvalue weighted by Crippen LogP contribution is -2.46. The number of fused-ring (bicyclic) bond motifs is 1. The summed E-state index contributed by atoms with van der Waals surface area (Å²) in [5.74, 6) is -0.283. The van der Waals surface area contributed by atoms with Crippen molar-refractivity contribution in [1.29, 1.82) is 0 Å². The number of nitrogens with one attached hydrogen (secondary N) is 2. The normalized spacial score (nSPS) is 15.7. The van der Waals surface area contributed by atoms with Crippen LogP contribution < -0.4 is 16.1 Å². The summed E-state index contributed by atoms with van der Waals surface area (Å²) in [4.78, 5) is 26.7. The second-order valence-electron chi connectivity index (χ2n) is 5.77. The topological polar surface area (TPSA) is 74.6 Å². The summed E-state index contributed by atoms with van der Waals surface area (Å²) < 4.78 is 5.59. The number of rotatable bonds is 4. The Kier molecular flexibility index (Phi) is 4.73. The van der Waals surface area contributed by atoms with E-state index in [1.54, 1.807) is 6.07 Å². The van der Waals surface area contributed by atoms with E-state index in [-0.39, 0.29) is 17.1 Å². The van der Waals surface area contributed by atoms with Gasteiger partial charge in [-0.05, 0) is 18.6 Å². The highest BCUT2D eigenvalue weighted by molar-refractivity contribution is 5.93. The molecule has 6 nitrogen and oxygen atoms in total. The molecule has 6 heteroatoms. The number of nitrogens with zero attached hydrogens (tertiary/aromatic N) is 1. The molecular weight excluding hydrogens is 294 g/mol. The van der Waals surface area contributed by atoms with Crippen molar-refractivity contribution in [2.45, 2.75) is 6.92 Å². The summed E-state index contributed by atoms with van der Waals surface area (Å²) in [6.45, 7) is 7.12. The summed E-state index contributed by atoms with van der Waals surface area (Å²) >= 11 is 0. The van der Waals surface area contributed by atoms with Crippen LogP contribution in [0.1, 0.15) is 16.1 Å². The van der Waals surface area contributed by atoms with Gasteiger partial charge in [-0.2, -0.15) is 0 Å². The molecule has 122 valence electrons. The molecule has 0 saturated carbocycles. The van der Waals surface area contributed by atoms with Gasteiger partial charge in [0.05, 0.1) is 5.39 Å². The van der Waals surface area contributed by atoms with Gasteiger partial charge in [-0.15, -0.1) is 0 Å². The summed E-state index contributed by atoms with van der Waals surface area (Å²) in [5.41, 5.74) is 1.11. The van der Waals surface area contributed by atoms with E-state index in [9.17, 15) is 9.59 Å². The number of carbonyl (C=O) groups is 1. The molecule has 1 aromatic heterocycles. The molecule has 1 aromatic carbocycles. The van der Waals surface area contributed by atoms with Crippen LogP contribution in [0.2, 0.25) is 0 Å². The maximum absolute atomic E-state index is 12.2. The molecule has 2 heterocycles. The molecule has 1 aliphatic rings. The highest BCUT2D eigenvalue weighted by Crippen LogP contribution is 2.15. The van der Waals surface area contributed by atoms with Gasteiger partial charge in [0.25, 0.3) is 5.91 Å². The summed E-state index contributed by atoms with van der Waals surface area (Å²) in [5, 5.41) is 6.64. The van der Waals surface area contributed by atoms with Crippen LogP contribution in [-0.2, 0) is 0 Å². The molecule has 1 amide bonds. The third-order valence-electron chi connectivity index (χ3n) is 4.11. The van der Waals surface area contributed by atoms with Crippen molar-refractivity contribution in [2.24, 2.45) is 0 Å². The van der Waals surface area contributed by atoms with Gasteiger partial charge in [0.1, 0.15) is 5.58 Å². The number of piperazine rings is 1. The first-order valence-corrected chi connectivity index (χ1v) is 7.90. The molecule has 0 spiro atoms. The van der Waals surface area contributed by atoms with E-state index < -0.39 is 0 Å². The van der Waals surface area contributed by atoms with E-state index in [0.717, 1.165) is 38.3 Å². The first-order valence-electron chi connectivity index (χ1n) is 7.90. The van der Waals surface area contributed by atoms with Crippen LogP contribution >= 0.6 is 0 Å². The molecule has 1 fully saturated rings. The molecule has 0 radical (unpaired) electrons. The number of amides is 1. The second-order valence-corrected chi connectivity index (χ2v) is 5.77. The van der Waals surface area contributed by atoms with Gasteiger partial charge < -0.3 is 15.1 Å². The Morgan fingerprint density at radius 3 is 2.91 bits per heavy atom. The van der Waals surface area contributed by atoms with E-state index >= 15 is 0 Å². The summed E-state index contributed by atoms with van der Waals surface area (Å²) in [6, 6.07) is 6.65. The number of hydrogen-bond donors (Lipinski definition) is 2. The van der Waals surface area contributed by atoms with Crippen molar-refractivity contribution in [3.8, 4) is 0 Å². The molecule has 2 N–H and O–H groups in total. The van der Waals surface area contributed by atoms with Gasteiger partial charge in [-0.1, -0.05) is 12.1 Å². The molecule has 3 rings (SSSR count). The third kappa shape index (κ3) is 3.60. The van der Waals surface area contributed by atoms with Crippen LogP contribution in [0.4, 0.5) is 0 Å². The van der Waals surface area contributed by atoms with E-state index in [2.05, 4.69) is 15.5 Å². The third-order valence-corrected chi connectivity index (χ3v) is 4.11. The lowest BCUT2D eigenvalue weighted by atomic mass is 10.1. The largest absolute Gasteiger partial charge is 0.451 e. The average molecular weight is 315 g/mol. The SMILES string of the molecule is Cc1cccc2oc(C(=O)NCCN3CCNCC3)cc(=O)c12. The van der Waals surface area contributed by atoms with E-state index in [0.29, 0.717) is 17.5 Å². The van der Waals surface area contributed by atoms with Gasteiger partial charge in [0.15, 0.2) is 11.2 Å². The molecule has 0 bridgehead atoms. The molecule has 0 unspecified atom stereocenters. The molecule has 23 heavy (non-hydrogen) atoms. The number of aryl methyl sites for hydroxylation is 1. The van der Waals surface area contributed by atoms with E-state index in [1.165, 1.54) is 6.07 Å². The Balaban J connectivity index is 1.67. The van der Waals surface area contributed by atoms with Gasteiger partial charge >= 0.3 is 0 Å². The minimum atomic E-state index is -0.347. The van der Waals surface area contributed by atoms with Gasteiger partial charge in [0.2, 0.25) is 0 Å². The van der Waals surface area contributed by atoms with Crippen molar-refractivity contribution in [3.63, 3.8) is 0 Å². The zero-order valence-corrected chi connectivity index (χ0v) is 13.2. The minimum absolute atomic E-state index is 0.0633. The summed E-state index contributed by atoms with van der Waals surface area (Å²) in [6.07, 6.45) is 0. The van der Waals surface area contributed by atoms with Crippen LogP contribution in [-0.4, -0.2) is 50.1 Å². The average Bonchev–Trinajstić information content (AvgIpc) is 2.55. The number of hydrogen-bond acceptors (Lipinski definition) is 5. The molecule has 1 saturated heterocycles. The molecule has 0 aliphatic carbocycles. The van der Waals surface area contributed by atoms with Crippen LogP contribution in [0.15, 0.2) is 33.5 Å². The van der Waals surface area contributed by atoms with Crippen molar-refractivity contribution in [3.05, 3.63) is 45.8 Å². The van der Waals surface area contributed by atoms with Crippen LogP contribution in [0.5, 0.6) is 0 Å².